The van der Waals surface area contributed by atoms with E-state index >= 15 is 0 Å². The van der Waals surface area contributed by atoms with Gasteiger partial charge in [-0.05, 0) is 60.9 Å². The van der Waals surface area contributed by atoms with Gasteiger partial charge in [0.25, 0.3) is 0 Å². The average Bonchev–Trinajstić information content (AvgIpc) is 3.51. The maximum absolute atomic E-state index is 11.8. The smallest absolute Gasteiger partial charge is 0.303 e. The highest BCUT2D eigenvalue weighted by Gasteiger charge is 2.46. The van der Waals surface area contributed by atoms with Crippen LogP contribution in [0.5, 0.6) is 5.75 Å². The highest BCUT2D eigenvalue weighted by Crippen LogP contribution is 2.58. The van der Waals surface area contributed by atoms with E-state index in [0.717, 1.165) is 28.8 Å². The fourth-order valence-electron chi connectivity index (χ4n) is 5.23. The molecule has 36 heavy (non-hydrogen) atoms. The van der Waals surface area contributed by atoms with Crippen molar-refractivity contribution < 1.29 is 23.7 Å². The molecule has 2 aromatic carbocycles. The van der Waals surface area contributed by atoms with Gasteiger partial charge in [-0.25, -0.2) is 0 Å². The molecule has 3 N–H and O–H groups in total. The van der Waals surface area contributed by atoms with Gasteiger partial charge in [0.05, 0.1) is 18.7 Å². The summed E-state index contributed by atoms with van der Waals surface area (Å²) in [7, 11) is -1.44. The lowest BCUT2D eigenvalue weighted by atomic mass is 9.87. The van der Waals surface area contributed by atoms with Crippen LogP contribution in [0.2, 0.25) is 0 Å². The molecule has 2 aliphatic rings. The van der Waals surface area contributed by atoms with Gasteiger partial charge in [-0.1, -0.05) is 35.5 Å². The second-order valence-corrected chi connectivity index (χ2v) is 11.9. The standard InChI is InChI=1S/C26H32N4O5S/c1-16-8-9-18(20(12-26(31)32)21-11-22(21)23-15-29(3)28-27-23)10-19(16)14-30-13-17(2)35-24-6-4-5-7-25(24)36(30,33)34/h4-10,15,17,20-22,33-34H,11-14H2,1-3H3,(H,31,32)/t17-,20?,21?,22?/m1/s1. The second-order valence-electron chi connectivity index (χ2n) is 9.93. The molecule has 10 heteroatoms. The molecule has 0 radical (unpaired) electrons. The quantitative estimate of drug-likeness (QED) is 0.413. The molecule has 192 valence electrons. The van der Waals surface area contributed by atoms with Crippen LogP contribution in [0.3, 0.4) is 0 Å². The minimum absolute atomic E-state index is 0.0289. The maximum Gasteiger partial charge on any atom is 0.303 e. The van der Waals surface area contributed by atoms with Crippen LogP contribution < -0.4 is 4.74 Å². The largest absolute Gasteiger partial charge is 0.487 e. The number of carboxylic acids is 1. The molecule has 3 aromatic rings. The van der Waals surface area contributed by atoms with Crippen molar-refractivity contribution in [3.05, 3.63) is 71.0 Å². The summed E-state index contributed by atoms with van der Waals surface area (Å²) in [5.74, 6) is -0.145. The van der Waals surface area contributed by atoms with Crippen LogP contribution in [0.25, 0.3) is 0 Å². The van der Waals surface area contributed by atoms with Crippen molar-refractivity contribution in [2.75, 3.05) is 6.54 Å². The van der Waals surface area contributed by atoms with Gasteiger partial charge in [0.15, 0.2) is 0 Å². The number of aryl methyl sites for hydroxylation is 2. The van der Waals surface area contributed by atoms with Gasteiger partial charge in [0.1, 0.15) is 16.7 Å². The monoisotopic (exact) mass is 512 g/mol. The lowest BCUT2D eigenvalue weighted by Crippen LogP contribution is -2.33. The zero-order valence-electron chi connectivity index (χ0n) is 20.6. The molecule has 3 unspecified atom stereocenters. The maximum atomic E-state index is 11.8. The van der Waals surface area contributed by atoms with Crippen molar-refractivity contribution >= 4 is 16.7 Å². The molecule has 5 rings (SSSR count). The summed E-state index contributed by atoms with van der Waals surface area (Å²) in [6.07, 6.45) is 2.57. The fourth-order valence-corrected chi connectivity index (χ4v) is 6.90. The van der Waals surface area contributed by atoms with E-state index in [1.165, 1.54) is 0 Å². The van der Waals surface area contributed by atoms with E-state index in [1.807, 2.05) is 51.4 Å². The van der Waals surface area contributed by atoms with E-state index in [0.29, 0.717) is 23.7 Å². The van der Waals surface area contributed by atoms with Crippen molar-refractivity contribution in [2.45, 2.75) is 56.1 Å². The number of nitrogens with zero attached hydrogens (tertiary/aromatic N) is 4. The number of carbonyl (C=O) groups is 1. The van der Waals surface area contributed by atoms with Gasteiger partial charge >= 0.3 is 5.97 Å². The predicted molar refractivity (Wildman–Crippen MR) is 136 cm³/mol. The third-order valence-electron chi connectivity index (χ3n) is 7.19. The Hall–Kier alpha value is -2.92. The van der Waals surface area contributed by atoms with Crippen LogP contribution in [0.15, 0.2) is 53.6 Å². The first-order chi connectivity index (χ1) is 17.1. The number of fused-ring (bicyclic) bond motifs is 1. The van der Waals surface area contributed by atoms with E-state index in [9.17, 15) is 19.0 Å². The summed E-state index contributed by atoms with van der Waals surface area (Å²) in [5.41, 5.74) is 3.79. The number of rotatable bonds is 7. The Morgan fingerprint density at radius 1 is 1.25 bits per heavy atom. The van der Waals surface area contributed by atoms with Crippen LogP contribution in [-0.4, -0.2) is 52.1 Å². The van der Waals surface area contributed by atoms with Crippen molar-refractivity contribution in [3.8, 4) is 5.75 Å². The van der Waals surface area contributed by atoms with Crippen molar-refractivity contribution in [2.24, 2.45) is 13.0 Å². The molecular weight excluding hydrogens is 480 g/mol. The summed E-state index contributed by atoms with van der Waals surface area (Å²) in [4.78, 5) is 12.2. The molecule has 2 heterocycles. The third kappa shape index (κ3) is 4.86. The SMILES string of the molecule is Cc1ccc(C(CC(=O)O)C2CC2c2cn(C)nn2)cc1CN1C[C@@H](C)Oc2ccccc2S1(O)O. The number of hydrogen-bond donors (Lipinski definition) is 3. The number of hydrogen-bond acceptors (Lipinski definition) is 7. The molecule has 1 aliphatic heterocycles. The summed E-state index contributed by atoms with van der Waals surface area (Å²) in [5, 5.41) is 17.9. The van der Waals surface area contributed by atoms with Crippen LogP contribution >= 0.6 is 10.8 Å². The lowest BCUT2D eigenvalue weighted by Gasteiger charge is -2.42. The average molecular weight is 513 g/mol. The summed E-state index contributed by atoms with van der Waals surface area (Å²) < 4.78 is 31.9. The Morgan fingerprint density at radius 3 is 2.75 bits per heavy atom. The summed E-state index contributed by atoms with van der Waals surface area (Å²) in [6, 6.07) is 13.1. The second kappa shape index (κ2) is 9.51. The first-order valence-corrected chi connectivity index (χ1v) is 13.6. The predicted octanol–water partition coefficient (Wildman–Crippen LogP) is 4.79. The number of para-hydroxylation sites is 1. The molecule has 4 atom stereocenters. The number of carboxylic acid groups (broad SMARTS) is 1. The van der Waals surface area contributed by atoms with E-state index in [-0.39, 0.29) is 30.3 Å². The molecule has 0 saturated heterocycles. The topological polar surface area (TPSA) is 121 Å². The molecule has 0 bridgehead atoms. The third-order valence-corrected chi connectivity index (χ3v) is 9.12. The Kier molecular flexibility index (Phi) is 6.54. The molecule has 1 aliphatic carbocycles. The Morgan fingerprint density at radius 2 is 2.03 bits per heavy atom. The minimum atomic E-state index is -3.27. The van der Waals surface area contributed by atoms with Gasteiger partial charge in [0.2, 0.25) is 0 Å². The van der Waals surface area contributed by atoms with Gasteiger partial charge in [-0.2, -0.15) is 4.31 Å². The molecule has 1 saturated carbocycles. The van der Waals surface area contributed by atoms with E-state index in [4.69, 9.17) is 4.74 Å². The van der Waals surface area contributed by atoms with Gasteiger partial charge in [-0.15, -0.1) is 15.9 Å². The molecule has 0 amide bonds. The van der Waals surface area contributed by atoms with Gasteiger partial charge < -0.3 is 9.84 Å². The van der Waals surface area contributed by atoms with Crippen LogP contribution in [0.4, 0.5) is 0 Å². The van der Waals surface area contributed by atoms with Crippen molar-refractivity contribution in [1.82, 2.24) is 19.3 Å². The highest BCUT2D eigenvalue weighted by molar-refractivity contribution is 8.22. The van der Waals surface area contributed by atoms with E-state index < -0.39 is 16.7 Å². The Balaban J connectivity index is 1.44. The molecule has 0 spiro atoms. The number of aromatic nitrogens is 3. The first-order valence-electron chi connectivity index (χ1n) is 12.1. The van der Waals surface area contributed by atoms with Crippen LogP contribution in [0.1, 0.15) is 54.0 Å². The number of aliphatic carboxylic acids is 1. The molecule has 9 nitrogen and oxygen atoms in total. The van der Waals surface area contributed by atoms with Gasteiger partial charge in [-0.3, -0.25) is 18.6 Å². The fraction of sp³-hybridized carbons (Fsp3) is 0.423. The summed E-state index contributed by atoms with van der Waals surface area (Å²) in [6.45, 7) is 4.55. The van der Waals surface area contributed by atoms with E-state index in [2.05, 4.69) is 10.3 Å². The minimum Gasteiger partial charge on any atom is -0.487 e. The summed E-state index contributed by atoms with van der Waals surface area (Å²) >= 11 is 0. The Labute approximate surface area is 212 Å². The molecule has 1 aromatic heterocycles. The van der Waals surface area contributed by atoms with E-state index in [1.54, 1.807) is 27.2 Å². The lowest BCUT2D eigenvalue weighted by molar-refractivity contribution is -0.137. The van der Waals surface area contributed by atoms with Crippen LogP contribution in [-0.2, 0) is 18.4 Å². The van der Waals surface area contributed by atoms with Crippen LogP contribution in [0, 0.1) is 12.8 Å². The first kappa shape index (κ1) is 24.8. The van der Waals surface area contributed by atoms with Crippen molar-refractivity contribution in [1.29, 1.82) is 0 Å². The number of benzene rings is 2. The zero-order chi connectivity index (χ0) is 25.6. The Bertz CT molecular complexity index is 1280. The molecule has 1 fully saturated rings. The molecular formula is C26H32N4O5S. The van der Waals surface area contributed by atoms with Gasteiger partial charge in [0, 0.05) is 25.7 Å². The van der Waals surface area contributed by atoms with Crippen molar-refractivity contribution in [3.63, 3.8) is 0 Å². The normalized spacial score (nSPS) is 24.8. The number of ether oxygens (including phenoxy) is 1. The highest BCUT2D eigenvalue weighted by atomic mass is 32.3. The zero-order valence-corrected chi connectivity index (χ0v) is 21.4.